The Morgan fingerprint density at radius 2 is 1.78 bits per heavy atom. The van der Waals surface area contributed by atoms with Gasteiger partial charge in [0.25, 0.3) is 5.56 Å². The topological polar surface area (TPSA) is 90.9 Å². The van der Waals surface area contributed by atoms with Crippen molar-refractivity contribution in [3.63, 3.8) is 0 Å². The molecule has 1 aromatic carbocycles. The van der Waals surface area contributed by atoms with Crippen LogP contribution in [0, 0.1) is 0 Å². The predicted molar refractivity (Wildman–Crippen MR) is 103 cm³/mol. The van der Waals surface area contributed by atoms with Crippen LogP contribution in [0.15, 0.2) is 33.9 Å². The molecule has 0 atom stereocenters. The first-order chi connectivity index (χ1) is 12.8. The number of hydrogen-bond donors (Lipinski definition) is 1. The number of aryl methyl sites for hydroxylation is 1. The number of benzene rings is 1. The zero-order valence-corrected chi connectivity index (χ0v) is 16.2. The molecule has 3 rings (SSSR count). The Balaban J connectivity index is 1.77. The van der Waals surface area contributed by atoms with Crippen LogP contribution in [-0.2, 0) is 31.9 Å². The number of aromatic nitrogens is 4. The predicted octanol–water partition coefficient (Wildman–Crippen LogP) is 1.10. The summed E-state index contributed by atoms with van der Waals surface area (Å²) in [6, 6.07) is 7.35. The highest BCUT2D eigenvalue weighted by atomic mass is 35.5. The Morgan fingerprint density at radius 1 is 1.11 bits per heavy atom. The summed E-state index contributed by atoms with van der Waals surface area (Å²) in [6.07, 6.45) is 0.636. The molecule has 1 N–H and O–H groups in total. The number of rotatable bonds is 5. The van der Waals surface area contributed by atoms with Crippen molar-refractivity contribution in [2.45, 2.75) is 13.0 Å². The first kappa shape index (κ1) is 19.2. The van der Waals surface area contributed by atoms with E-state index in [1.165, 1.54) is 23.2 Å². The molecular formula is C17H17Cl2N5O3. The van der Waals surface area contributed by atoms with Crippen LogP contribution < -0.4 is 16.6 Å². The second kappa shape index (κ2) is 7.58. The van der Waals surface area contributed by atoms with E-state index >= 15 is 0 Å². The lowest BCUT2D eigenvalue weighted by Crippen LogP contribution is -2.38. The number of fused-ring (bicyclic) bond motifs is 1. The van der Waals surface area contributed by atoms with Gasteiger partial charge in [0.2, 0.25) is 11.2 Å². The number of amides is 1. The van der Waals surface area contributed by atoms with Crippen LogP contribution in [0.2, 0.25) is 10.3 Å². The van der Waals surface area contributed by atoms with Gasteiger partial charge < -0.3 is 5.32 Å². The van der Waals surface area contributed by atoms with Crippen LogP contribution in [0.25, 0.3) is 11.2 Å². The van der Waals surface area contributed by atoms with E-state index in [0.717, 1.165) is 10.1 Å². The number of halogens is 2. The SMILES string of the molecule is Cn1c(=O)c2c(nc(Cl)n2CC(=O)NCCc2ccc(Cl)cc2)n(C)c1=O. The Morgan fingerprint density at radius 3 is 2.44 bits per heavy atom. The van der Waals surface area contributed by atoms with E-state index in [1.54, 1.807) is 12.1 Å². The lowest BCUT2D eigenvalue weighted by Gasteiger charge is -2.08. The summed E-state index contributed by atoms with van der Waals surface area (Å²) in [6.45, 7) is 0.241. The summed E-state index contributed by atoms with van der Waals surface area (Å²) in [4.78, 5) is 40.8. The normalized spacial score (nSPS) is 11.1. The summed E-state index contributed by atoms with van der Waals surface area (Å²) in [5.74, 6) is -0.318. The average Bonchev–Trinajstić information content (AvgIpc) is 2.96. The van der Waals surface area contributed by atoms with Crippen molar-refractivity contribution in [2.75, 3.05) is 6.54 Å². The Hall–Kier alpha value is -2.58. The lowest BCUT2D eigenvalue weighted by molar-refractivity contribution is -0.121. The van der Waals surface area contributed by atoms with Crippen molar-refractivity contribution in [2.24, 2.45) is 14.1 Å². The molecule has 10 heteroatoms. The molecule has 1 amide bonds. The Kier molecular flexibility index (Phi) is 5.38. The van der Waals surface area contributed by atoms with Crippen molar-refractivity contribution in [3.8, 4) is 0 Å². The van der Waals surface area contributed by atoms with E-state index < -0.39 is 11.2 Å². The fraction of sp³-hybridized carbons (Fsp3) is 0.294. The highest BCUT2D eigenvalue weighted by Crippen LogP contribution is 2.15. The van der Waals surface area contributed by atoms with Gasteiger partial charge >= 0.3 is 5.69 Å². The first-order valence-electron chi connectivity index (χ1n) is 8.12. The summed E-state index contributed by atoms with van der Waals surface area (Å²) in [5.41, 5.74) is 0.219. The minimum Gasteiger partial charge on any atom is -0.354 e. The molecule has 27 heavy (non-hydrogen) atoms. The number of nitrogens with one attached hydrogen (secondary N) is 1. The van der Waals surface area contributed by atoms with Crippen LogP contribution in [0.1, 0.15) is 5.56 Å². The summed E-state index contributed by atoms with van der Waals surface area (Å²) >= 11 is 11.9. The van der Waals surface area contributed by atoms with E-state index in [9.17, 15) is 14.4 Å². The third-order valence-corrected chi connectivity index (χ3v) is 4.79. The van der Waals surface area contributed by atoms with Crippen LogP contribution >= 0.6 is 23.2 Å². The molecule has 0 aliphatic heterocycles. The van der Waals surface area contributed by atoms with Crippen molar-refractivity contribution in [3.05, 3.63) is 61.0 Å². The van der Waals surface area contributed by atoms with Crippen molar-refractivity contribution >= 4 is 40.3 Å². The van der Waals surface area contributed by atoms with Gasteiger partial charge in [0.05, 0.1) is 0 Å². The molecule has 0 bridgehead atoms. The highest BCUT2D eigenvalue weighted by molar-refractivity contribution is 6.30. The quantitative estimate of drug-likeness (QED) is 0.638. The molecule has 0 unspecified atom stereocenters. The fourth-order valence-electron chi connectivity index (χ4n) is 2.76. The Labute approximate surface area is 163 Å². The van der Waals surface area contributed by atoms with E-state index in [4.69, 9.17) is 23.2 Å². The van der Waals surface area contributed by atoms with Gasteiger partial charge in [-0.2, -0.15) is 4.98 Å². The average molecular weight is 410 g/mol. The monoisotopic (exact) mass is 409 g/mol. The van der Waals surface area contributed by atoms with Gasteiger partial charge in [-0.1, -0.05) is 23.7 Å². The molecule has 3 aromatic rings. The largest absolute Gasteiger partial charge is 0.354 e. The first-order valence-corrected chi connectivity index (χ1v) is 8.88. The standard InChI is InChI=1S/C17H17Cl2N5O3/c1-22-14-13(15(26)23(2)17(22)27)24(16(19)21-14)9-12(25)20-8-7-10-3-5-11(18)6-4-10/h3-6H,7-9H2,1-2H3,(H,20,25). The minimum absolute atomic E-state index is 0.0313. The number of nitrogens with zero attached hydrogens (tertiary/aromatic N) is 4. The lowest BCUT2D eigenvalue weighted by atomic mass is 10.1. The zero-order chi connectivity index (χ0) is 19.7. The zero-order valence-electron chi connectivity index (χ0n) is 14.7. The van der Waals surface area contributed by atoms with E-state index in [0.29, 0.717) is 18.0 Å². The molecule has 0 aliphatic carbocycles. The molecule has 8 nitrogen and oxygen atoms in total. The van der Waals surface area contributed by atoms with Gasteiger partial charge in [-0.05, 0) is 35.7 Å². The molecule has 0 saturated heterocycles. The van der Waals surface area contributed by atoms with Crippen LogP contribution in [0.3, 0.4) is 0 Å². The molecule has 2 aromatic heterocycles. The number of imidazole rings is 1. The van der Waals surface area contributed by atoms with Crippen molar-refractivity contribution in [1.82, 2.24) is 24.0 Å². The van der Waals surface area contributed by atoms with Gasteiger partial charge in [0.1, 0.15) is 6.54 Å². The third-order valence-electron chi connectivity index (χ3n) is 4.25. The summed E-state index contributed by atoms with van der Waals surface area (Å²) < 4.78 is 3.48. The van der Waals surface area contributed by atoms with E-state index in [1.807, 2.05) is 12.1 Å². The van der Waals surface area contributed by atoms with Gasteiger partial charge in [-0.15, -0.1) is 0 Å². The van der Waals surface area contributed by atoms with Gasteiger partial charge in [0.15, 0.2) is 11.2 Å². The van der Waals surface area contributed by atoms with E-state index in [-0.39, 0.29) is 28.9 Å². The summed E-state index contributed by atoms with van der Waals surface area (Å²) in [7, 11) is 2.85. The summed E-state index contributed by atoms with van der Waals surface area (Å²) in [5, 5.41) is 3.40. The maximum Gasteiger partial charge on any atom is 0.332 e. The molecule has 2 heterocycles. The highest BCUT2D eigenvalue weighted by Gasteiger charge is 2.19. The smallest absolute Gasteiger partial charge is 0.332 e. The Bertz CT molecular complexity index is 1130. The third kappa shape index (κ3) is 3.77. The molecule has 0 radical (unpaired) electrons. The second-order valence-corrected chi connectivity index (χ2v) is 6.85. The van der Waals surface area contributed by atoms with Gasteiger partial charge in [-0.25, -0.2) is 4.79 Å². The van der Waals surface area contributed by atoms with Gasteiger partial charge in [-0.3, -0.25) is 23.3 Å². The van der Waals surface area contributed by atoms with Crippen LogP contribution in [0.5, 0.6) is 0 Å². The van der Waals surface area contributed by atoms with Crippen molar-refractivity contribution in [1.29, 1.82) is 0 Å². The second-order valence-electron chi connectivity index (χ2n) is 6.07. The fourth-order valence-corrected chi connectivity index (χ4v) is 3.11. The van der Waals surface area contributed by atoms with E-state index in [2.05, 4.69) is 10.3 Å². The van der Waals surface area contributed by atoms with Crippen LogP contribution in [-0.4, -0.2) is 31.1 Å². The molecule has 0 spiro atoms. The van der Waals surface area contributed by atoms with Gasteiger partial charge in [0, 0.05) is 25.7 Å². The molecular weight excluding hydrogens is 393 g/mol. The number of hydrogen-bond acceptors (Lipinski definition) is 4. The molecule has 0 fully saturated rings. The molecule has 0 aliphatic rings. The maximum absolute atomic E-state index is 12.4. The molecule has 142 valence electrons. The minimum atomic E-state index is -0.554. The maximum atomic E-state index is 12.4. The van der Waals surface area contributed by atoms with Crippen LogP contribution in [0.4, 0.5) is 0 Å². The van der Waals surface area contributed by atoms with Crippen molar-refractivity contribution < 1.29 is 4.79 Å². The number of carbonyl (C=O) groups excluding carboxylic acids is 1. The molecule has 0 saturated carbocycles. The number of carbonyl (C=O) groups is 1.